The molecule has 2 aromatic rings. The molecule has 150 valence electrons. The van der Waals surface area contributed by atoms with Crippen LogP contribution in [0.1, 0.15) is 10.4 Å². The summed E-state index contributed by atoms with van der Waals surface area (Å²) >= 11 is 5.90. The summed E-state index contributed by atoms with van der Waals surface area (Å²) in [5, 5.41) is 2.26. The third-order valence-electron chi connectivity index (χ3n) is 3.47. The average molecular weight is 433 g/mol. The zero-order valence-electron chi connectivity index (χ0n) is 14.7. The number of benzene rings is 2. The number of carbonyl (C=O) groups excluding carboxylic acids is 2. The number of esters is 1. The van der Waals surface area contributed by atoms with Crippen molar-refractivity contribution in [2.45, 2.75) is 4.90 Å². The van der Waals surface area contributed by atoms with E-state index in [1.165, 1.54) is 26.2 Å². The number of hydrogen-bond acceptors (Lipinski definition) is 5. The van der Waals surface area contributed by atoms with Gasteiger partial charge in [-0.25, -0.2) is 26.3 Å². The number of nitrogens with one attached hydrogen (secondary N) is 1. The molecule has 2 rings (SSSR count). The quantitative estimate of drug-likeness (QED) is 0.708. The summed E-state index contributed by atoms with van der Waals surface area (Å²) in [6.45, 7) is -0.842. The van der Waals surface area contributed by atoms with E-state index in [1.807, 2.05) is 0 Å². The fourth-order valence-corrected chi connectivity index (χ4v) is 3.46. The van der Waals surface area contributed by atoms with Crippen molar-refractivity contribution in [2.75, 3.05) is 26.0 Å². The van der Waals surface area contributed by atoms with E-state index in [-0.39, 0.29) is 15.6 Å². The third kappa shape index (κ3) is 4.83. The summed E-state index contributed by atoms with van der Waals surface area (Å²) in [7, 11) is -1.22. The Balaban J connectivity index is 2.09. The van der Waals surface area contributed by atoms with E-state index in [1.54, 1.807) is 0 Å². The number of hydrogen-bond donors (Lipinski definition) is 1. The molecule has 0 saturated heterocycles. The lowest BCUT2D eigenvalue weighted by Crippen LogP contribution is -2.24. The number of sulfonamides is 1. The Labute approximate surface area is 164 Å². The highest BCUT2D eigenvalue weighted by Crippen LogP contribution is 2.26. The molecule has 0 fully saturated rings. The highest BCUT2D eigenvalue weighted by atomic mass is 35.5. The molecule has 0 heterocycles. The first kappa shape index (κ1) is 21.7. The highest BCUT2D eigenvalue weighted by molar-refractivity contribution is 7.89. The van der Waals surface area contributed by atoms with Crippen LogP contribution in [0.4, 0.5) is 14.5 Å². The average Bonchev–Trinajstić information content (AvgIpc) is 2.61. The first-order chi connectivity index (χ1) is 13.0. The standard InChI is InChI=1S/C17H15ClF2N2O5S/c1-22(2)28(25,26)14-8-10(6-7-11(14)18)21-15(23)9-27-17(24)16-12(19)4-3-5-13(16)20/h3-8H,9H2,1-2H3,(H,21,23). The first-order valence-electron chi connectivity index (χ1n) is 7.67. The van der Waals surface area contributed by atoms with Gasteiger partial charge in [-0.1, -0.05) is 17.7 Å². The Hall–Kier alpha value is -2.56. The molecule has 0 saturated carbocycles. The van der Waals surface area contributed by atoms with Gasteiger partial charge in [-0.3, -0.25) is 4.79 Å². The Morgan fingerprint density at radius 2 is 1.75 bits per heavy atom. The van der Waals surface area contributed by atoms with Gasteiger partial charge in [-0.15, -0.1) is 0 Å². The maximum Gasteiger partial charge on any atom is 0.344 e. The van der Waals surface area contributed by atoms with Gasteiger partial charge in [0.1, 0.15) is 22.1 Å². The van der Waals surface area contributed by atoms with Crippen molar-refractivity contribution in [1.29, 1.82) is 0 Å². The van der Waals surface area contributed by atoms with Gasteiger partial charge in [-0.2, -0.15) is 0 Å². The topological polar surface area (TPSA) is 92.8 Å². The molecular formula is C17H15ClF2N2O5S. The number of carbonyl (C=O) groups is 2. The summed E-state index contributed by atoms with van der Waals surface area (Å²) < 4.78 is 57.0. The zero-order valence-corrected chi connectivity index (χ0v) is 16.3. The lowest BCUT2D eigenvalue weighted by atomic mass is 10.2. The normalized spacial score (nSPS) is 11.4. The molecule has 0 atom stereocenters. The first-order valence-corrected chi connectivity index (χ1v) is 9.49. The van der Waals surface area contributed by atoms with E-state index >= 15 is 0 Å². The molecule has 11 heteroatoms. The van der Waals surface area contributed by atoms with Gasteiger partial charge in [0.2, 0.25) is 10.0 Å². The van der Waals surface area contributed by atoms with Gasteiger partial charge in [0.05, 0.1) is 5.02 Å². The number of halogens is 3. The molecular weight excluding hydrogens is 418 g/mol. The van der Waals surface area contributed by atoms with Crippen molar-refractivity contribution in [3.8, 4) is 0 Å². The highest BCUT2D eigenvalue weighted by Gasteiger charge is 2.22. The molecule has 0 aromatic heterocycles. The minimum Gasteiger partial charge on any atom is -0.452 e. The van der Waals surface area contributed by atoms with Crippen LogP contribution in [0.2, 0.25) is 5.02 Å². The van der Waals surface area contributed by atoms with Gasteiger partial charge in [-0.05, 0) is 30.3 Å². The second-order valence-corrected chi connectivity index (χ2v) is 8.18. The van der Waals surface area contributed by atoms with E-state index in [0.717, 1.165) is 28.6 Å². The van der Waals surface area contributed by atoms with Gasteiger partial charge >= 0.3 is 5.97 Å². The largest absolute Gasteiger partial charge is 0.452 e. The summed E-state index contributed by atoms with van der Waals surface area (Å²) in [6.07, 6.45) is 0. The van der Waals surface area contributed by atoms with E-state index in [0.29, 0.717) is 0 Å². The summed E-state index contributed by atoms with van der Waals surface area (Å²) in [6, 6.07) is 6.57. The smallest absolute Gasteiger partial charge is 0.344 e. The Kier molecular flexibility index (Phi) is 6.70. The van der Waals surface area contributed by atoms with Gasteiger partial charge in [0, 0.05) is 19.8 Å². The molecule has 0 bridgehead atoms. The fraction of sp³-hybridized carbons (Fsp3) is 0.176. The van der Waals surface area contributed by atoms with E-state index in [4.69, 9.17) is 11.6 Å². The lowest BCUT2D eigenvalue weighted by Gasteiger charge is -2.14. The Morgan fingerprint density at radius 1 is 1.14 bits per heavy atom. The zero-order chi connectivity index (χ0) is 21.1. The summed E-state index contributed by atoms with van der Waals surface area (Å²) in [5.74, 6) is -4.44. The number of nitrogens with zero attached hydrogens (tertiary/aromatic N) is 1. The van der Waals surface area contributed by atoms with E-state index in [9.17, 15) is 26.8 Å². The van der Waals surface area contributed by atoms with Crippen LogP contribution in [-0.4, -0.2) is 45.3 Å². The second-order valence-electron chi connectivity index (χ2n) is 5.65. The van der Waals surface area contributed by atoms with Crippen LogP contribution in [0.5, 0.6) is 0 Å². The number of anilines is 1. The minimum absolute atomic E-state index is 0.0480. The number of amides is 1. The van der Waals surface area contributed by atoms with E-state index < -0.39 is 45.7 Å². The third-order valence-corrected chi connectivity index (χ3v) is 5.77. The van der Waals surface area contributed by atoms with Crippen LogP contribution >= 0.6 is 11.6 Å². The monoisotopic (exact) mass is 432 g/mol. The Morgan fingerprint density at radius 3 is 2.32 bits per heavy atom. The van der Waals surface area contributed by atoms with Crippen LogP contribution in [-0.2, 0) is 19.6 Å². The predicted octanol–water partition coefficient (Wildman–Crippen LogP) is 2.66. The molecule has 1 N–H and O–H groups in total. The van der Waals surface area contributed by atoms with Crippen LogP contribution in [0.15, 0.2) is 41.3 Å². The van der Waals surface area contributed by atoms with Crippen LogP contribution < -0.4 is 5.32 Å². The molecule has 0 aliphatic rings. The van der Waals surface area contributed by atoms with Crippen LogP contribution in [0, 0.1) is 11.6 Å². The molecule has 0 aliphatic heterocycles. The maximum absolute atomic E-state index is 13.5. The number of rotatable bonds is 6. The fourth-order valence-electron chi connectivity index (χ4n) is 2.07. The molecule has 0 radical (unpaired) electrons. The van der Waals surface area contributed by atoms with Crippen LogP contribution in [0.25, 0.3) is 0 Å². The van der Waals surface area contributed by atoms with Gasteiger partial charge < -0.3 is 10.1 Å². The summed E-state index contributed by atoms with van der Waals surface area (Å²) in [5.41, 5.74) is -0.843. The maximum atomic E-state index is 13.5. The Bertz CT molecular complexity index is 1010. The predicted molar refractivity (Wildman–Crippen MR) is 97.6 cm³/mol. The second kappa shape index (κ2) is 8.63. The van der Waals surface area contributed by atoms with Crippen molar-refractivity contribution in [1.82, 2.24) is 4.31 Å². The van der Waals surface area contributed by atoms with Crippen molar-refractivity contribution >= 4 is 39.2 Å². The molecule has 0 spiro atoms. The molecule has 1 amide bonds. The van der Waals surface area contributed by atoms with Crippen molar-refractivity contribution in [3.05, 3.63) is 58.6 Å². The molecule has 0 aliphatic carbocycles. The molecule has 2 aromatic carbocycles. The lowest BCUT2D eigenvalue weighted by molar-refractivity contribution is -0.119. The van der Waals surface area contributed by atoms with Crippen LogP contribution in [0.3, 0.4) is 0 Å². The molecule has 28 heavy (non-hydrogen) atoms. The van der Waals surface area contributed by atoms with Crippen molar-refractivity contribution < 1.29 is 31.5 Å². The summed E-state index contributed by atoms with van der Waals surface area (Å²) in [4.78, 5) is 23.5. The minimum atomic E-state index is -3.86. The van der Waals surface area contributed by atoms with Gasteiger partial charge in [0.15, 0.2) is 6.61 Å². The molecule has 7 nitrogen and oxygen atoms in total. The van der Waals surface area contributed by atoms with Crippen molar-refractivity contribution in [3.63, 3.8) is 0 Å². The van der Waals surface area contributed by atoms with Crippen molar-refractivity contribution in [2.24, 2.45) is 0 Å². The SMILES string of the molecule is CN(C)S(=O)(=O)c1cc(NC(=O)COC(=O)c2c(F)cccc2F)ccc1Cl. The molecule has 0 unspecified atom stereocenters. The van der Waals surface area contributed by atoms with Gasteiger partial charge in [0.25, 0.3) is 5.91 Å². The van der Waals surface area contributed by atoms with E-state index in [2.05, 4.69) is 10.1 Å². The number of ether oxygens (including phenoxy) is 1.